The van der Waals surface area contributed by atoms with Crippen LogP contribution in [0.1, 0.15) is 8.35 Å². The molecule has 0 radical (unpaired) electrons. The first-order chi connectivity index (χ1) is 4.75. The molecule has 1 aromatic rings. The van der Waals surface area contributed by atoms with Crippen LogP contribution in [-0.4, -0.2) is 9.55 Å². The van der Waals surface area contributed by atoms with Crippen molar-refractivity contribution in [3.63, 3.8) is 0 Å². The molecule has 1 heterocycles. The number of aromatic amines is 1. The molecule has 10 heavy (non-hydrogen) atoms. The lowest BCUT2D eigenvalue weighted by atomic mass is 10.6. The van der Waals surface area contributed by atoms with Gasteiger partial charge in [0, 0.05) is 20.2 Å². The lowest BCUT2D eigenvalue weighted by Gasteiger charge is -1.95. The number of aromatic nitrogens is 2. The lowest BCUT2D eigenvalue weighted by Crippen LogP contribution is -2.32. The van der Waals surface area contributed by atoms with Gasteiger partial charge in [-0.3, -0.25) is 9.36 Å². The molecule has 0 aliphatic carbocycles. The van der Waals surface area contributed by atoms with Gasteiger partial charge in [0.15, 0.2) is 0 Å². The first-order valence-corrected chi connectivity index (χ1v) is 3.04. The maximum atomic E-state index is 10.8. The minimum absolute atomic E-state index is 0. The fourth-order valence-electron chi connectivity index (χ4n) is 0.752. The molecule has 4 nitrogen and oxygen atoms in total. The summed E-state index contributed by atoms with van der Waals surface area (Å²) in [6.45, 7) is 2.16. The third-order valence-electron chi connectivity index (χ3n) is 1.26. The van der Waals surface area contributed by atoms with Crippen LogP contribution in [0.15, 0.2) is 21.9 Å². The summed E-state index contributed by atoms with van der Waals surface area (Å²) in [5.74, 6) is 0. The van der Waals surface area contributed by atoms with Gasteiger partial charge in [-0.15, -0.1) is 0 Å². The average molecular weight is 142 g/mol. The molecule has 0 saturated carbocycles. The van der Waals surface area contributed by atoms with Gasteiger partial charge in [-0.05, 0) is 6.92 Å². The number of rotatable bonds is 1. The molecule has 0 spiro atoms. The minimum Gasteiger partial charge on any atom is -0.314 e. The predicted octanol–water partition coefficient (Wildman–Crippen LogP) is -0.197. The van der Waals surface area contributed by atoms with Crippen molar-refractivity contribution in [2.24, 2.45) is 0 Å². The molecule has 1 N–H and O–H groups in total. The van der Waals surface area contributed by atoms with Crippen LogP contribution in [0.5, 0.6) is 0 Å². The molecule has 0 aromatic carbocycles. The smallest absolute Gasteiger partial charge is 0.314 e. The number of hydrogen-bond donors (Lipinski definition) is 1. The summed E-state index contributed by atoms with van der Waals surface area (Å²) in [6, 6.07) is 1.32. The van der Waals surface area contributed by atoms with E-state index in [1.807, 2.05) is 0 Å². The highest BCUT2D eigenvalue weighted by atomic mass is 16.2. The summed E-state index contributed by atoms with van der Waals surface area (Å²) in [5, 5.41) is 0. The molecule has 0 saturated heterocycles. The highest BCUT2D eigenvalue weighted by molar-refractivity contribution is 4.81. The van der Waals surface area contributed by atoms with Crippen molar-refractivity contribution in [3.8, 4) is 0 Å². The first-order valence-electron chi connectivity index (χ1n) is 3.04. The standard InChI is InChI=1S/C6H8N2O2.H2/c1-2-8-5(9)3-4-7-6(8)10;/h3-4H,2H2,1H3,(H,7,10);1H. The Morgan fingerprint density at radius 1 is 1.70 bits per heavy atom. The molecule has 0 fully saturated rings. The van der Waals surface area contributed by atoms with E-state index in [1.165, 1.54) is 12.3 Å². The van der Waals surface area contributed by atoms with E-state index in [0.29, 0.717) is 6.54 Å². The number of nitrogens with zero attached hydrogens (tertiary/aromatic N) is 1. The summed E-state index contributed by atoms with van der Waals surface area (Å²) >= 11 is 0. The van der Waals surface area contributed by atoms with E-state index >= 15 is 0 Å². The molecule has 1 aromatic heterocycles. The Balaban J connectivity index is 0.000001000. The lowest BCUT2D eigenvalue weighted by molar-refractivity contribution is 0.672. The summed E-state index contributed by atoms with van der Waals surface area (Å²) in [5.41, 5.74) is -0.610. The van der Waals surface area contributed by atoms with Crippen LogP contribution in [0, 0.1) is 0 Å². The van der Waals surface area contributed by atoms with E-state index in [2.05, 4.69) is 4.98 Å². The van der Waals surface area contributed by atoms with Crippen molar-refractivity contribution < 1.29 is 1.43 Å². The third kappa shape index (κ3) is 1.00. The fourth-order valence-corrected chi connectivity index (χ4v) is 0.752. The second-order valence-electron chi connectivity index (χ2n) is 1.87. The van der Waals surface area contributed by atoms with Gasteiger partial charge in [0.2, 0.25) is 0 Å². The largest absolute Gasteiger partial charge is 0.328 e. The summed E-state index contributed by atoms with van der Waals surface area (Å²) in [7, 11) is 0. The summed E-state index contributed by atoms with van der Waals surface area (Å²) < 4.78 is 1.12. The zero-order chi connectivity index (χ0) is 7.56. The SMILES string of the molecule is CCn1c(=O)cc[nH]c1=O.[HH]. The number of hydrogen-bond acceptors (Lipinski definition) is 2. The second-order valence-corrected chi connectivity index (χ2v) is 1.87. The molecule has 0 atom stereocenters. The molecular weight excluding hydrogens is 132 g/mol. The van der Waals surface area contributed by atoms with E-state index in [4.69, 9.17) is 0 Å². The molecule has 0 aliphatic rings. The Morgan fingerprint density at radius 2 is 2.40 bits per heavy atom. The Kier molecular flexibility index (Phi) is 1.71. The fraction of sp³-hybridized carbons (Fsp3) is 0.333. The van der Waals surface area contributed by atoms with E-state index in [-0.39, 0.29) is 12.7 Å². The Hall–Kier alpha value is -1.32. The Bertz CT molecular complexity index is 300. The van der Waals surface area contributed by atoms with Crippen LogP contribution in [0.2, 0.25) is 0 Å². The number of nitrogens with one attached hydrogen (secondary N) is 1. The monoisotopic (exact) mass is 142 g/mol. The van der Waals surface area contributed by atoms with Crippen molar-refractivity contribution >= 4 is 0 Å². The Labute approximate surface area is 58.6 Å². The van der Waals surface area contributed by atoms with E-state index in [9.17, 15) is 9.59 Å². The van der Waals surface area contributed by atoms with Gasteiger partial charge in [0.1, 0.15) is 0 Å². The van der Waals surface area contributed by atoms with E-state index < -0.39 is 0 Å². The zero-order valence-electron chi connectivity index (χ0n) is 5.63. The van der Waals surface area contributed by atoms with Crippen LogP contribution >= 0.6 is 0 Å². The van der Waals surface area contributed by atoms with E-state index in [1.54, 1.807) is 6.92 Å². The van der Waals surface area contributed by atoms with Crippen LogP contribution in [0.4, 0.5) is 0 Å². The molecule has 56 valence electrons. The van der Waals surface area contributed by atoms with Gasteiger partial charge in [-0.2, -0.15) is 0 Å². The topological polar surface area (TPSA) is 54.9 Å². The maximum Gasteiger partial charge on any atom is 0.328 e. The van der Waals surface area contributed by atoms with Gasteiger partial charge in [0.05, 0.1) is 0 Å². The van der Waals surface area contributed by atoms with Crippen molar-refractivity contribution in [1.82, 2.24) is 9.55 Å². The molecule has 0 aliphatic heterocycles. The van der Waals surface area contributed by atoms with Crippen molar-refractivity contribution in [1.29, 1.82) is 0 Å². The average Bonchev–Trinajstić information content (AvgIpc) is 1.88. The predicted molar refractivity (Wildman–Crippen MR) is 39.1 cm³/mol. The molecule has 4 heteroatoms. The van der Waals surface area contributed by atoms with Crippen molar-refractivity contribution in [3.05, 3.63) is 33.1 Å². The van der Waals surface area contributed by atoms with Gasteiger partial charge in [-0.1, -0.05) is 0 Å². The summed E-state index contributed by atoms with van der Waals surface area (Å²) in [6.07, 6.45) is 1.34. The molecule has 0 bridgehead atoms. The quantitative estimate of drug-likeness (QED) is 0.590. The Morgan fingerprint density at radius 3 is 2.80 bits per heavy atom. The molecular formula is C6H10N2O2. The van der Waals surface area contributed by atoms with Crippen molar-refractivity contribution in [2.75, 3.05) is 0 Å². The number of H-pyrrole nitrogens is 1. The highest BCUT2D eigenvalue weighted by Crippen LogP contribution is 1.66. The van der Waals surface area contributed by atoms with Gasteiger partial charge < -0.3 is 4.98 Å². The van der Waals surface area contributed by atoms with Crippen LogP contribution in [0.3, 0.4) is 0 Å². The second kappa shape index (κ2) is 2.51. The first kappa shape index (κ1) is 6.80. The molecule has 0 amide bonds. The van der Waals surface area contributed by atoms with Gasteiger partial charge in [0.25, 0.3) is 5.56 Å². The highest BCUT2D eigenvalue weighted by Gasteiger charge is 1.93. The van der Waals surface area contributed by atoms with Crippen LogP contribution in [0.25, 0.3) is 0 Å². The zero-order valence-corrected chi connectivity index (χ0v) is 5.63. The maximum absolute atomic E-state index is 10.8. The van der Waals surface area contributed by atoms with Gasteiger partial charge in [-0.25, -0.2) is 4.79 Å². The minimum atomic E-state index is -0.352. The normalized spacial score (nSPS) is 9.70. The van der Waals surface area contributed by atoms with E-state index in [0.717, 1.165) is 4.57 Å². The summed E-state index contributed by atoms with van der Waals surface area (Å²) in [4.78, 5) is 24.0. The third-order valence-corrected chi connectivity index (χ3v) is 1.26. The molecule has 0 unspecified atom stereocenters. The van der Waals surface area contributed by atoms with Crippen molar-refractivity contribution in [2.45, 2.75) is 13.5 Å². The molecule has 1 rings (SSSR count). The van der Waals surface area contributed by atoms with Crippen LogP contribution < -0.4 is 11.2 Å². The van der Waals surface area contributed by atoms with Gasteiger partial charge >= 0.3 is 5.69 Å². The van der Waals surface area contributed by atoms with Crippen LogP contribution in [-0.2, 0) is 6.54 Å².